The molecular weight excluding hydrogens is 289 g/mol. The van der Waals surface area contributed by atoms with Crippen molar-refractivity contribution in [3.05, 3.63) is 42.1 Å². The number of nitrogen functional groups attached to an aromatic ring is 1. The Balaban J connectivity index is 2.58. The zero-order valence-electron chi connectivity index (χ0n) is 10.4. The van der Waals surface area contributed by atoms with Crippen molar-refractivity contribution < 1.29 is 27.8 Å². The molecule has 2 rings (SSSR count). The molecule has 0 unspecified atom stereocenters. The lowest BCUT2D eigenvalue weighted by Gasteiger charge is -2.14. The summed E-state index contributed by atoms with van der Waals surface area (Å²) in [6.45, 7) is 0. The lowest BCUT2D eigenvalue weighted by molar-refractivity contribution is -0.274. The highest BCUT2D eigenvalue weighted by molar-refractivity contribution is 5.97. The fraction of sp³-hybridized carbons (Fsp3) is 0.0769. The first-order valence-electron chi connectivity index (χ1n) is 5.62. The lowest BCUT2D eigenvalue weighted by Crippen LogP contribution is -2.17. The van der Waals surface area contributed by atoms with E-state index in [4.69, 9.17) is 10.8 Å². The number of hydrogen-bond donors (Lipinski definition) is 2. The van der Waals surface area contributed by atoms with Crippen LogP contribution < -0.4 is 10.5 Å². The topological polar surface area (TPSA) is 85.4 Å². The molecule has 0 amide bonds. The number of nitrogens with two attached hydrogens (primary N) is 1. The normalized spacial score (nSPS) is 11.2. The van der Waals surface area contributed by atoms with E-state index in [2.05, 4.69) is 9.72 Å². The zero-order chi connectivity index (χ0) is 15.6. The minimum Gasteiger partial charge on any atom is -0.478 e. The van der Waals surface area contributed by atoms with Crippen LogP contribution >= 0.6 is 0 Å². The third-order valence-electron chi connectivity index (χ3n) is 2.59. The maximum atomic E-state index is 12.4. The summed E-state index contributed by atoms with van der Waals surface area (Å²) >= 11 is 0. The van der Waals surface area contributed by atoms with Gasteiger partial charge in [0.25, 0.3) is 0 Å². The number of anilines is 1. The average Bonchev–Trinajstić information content (AvgIpc) is 2.38. The first-order valence-corrected chi connectivity index (χ1v) is 5.62. The van der Waals surface area contributed by atoms with E-state index >= 15 is 0 Å². The van der Waals surface area contributed by atoms with E-state index in [1.807, 2.05) is 0 Å². The van der Waals surface area contributed by atoms with Crippen LogP contribution in [0, 0.1) is 0 Å². The van der Waals surface area contributed by atoms with Gasteiger partial charge in [0.1, 0.15) is 5.75 Å². The molecule has 0 aliphatic carbocycles. The first-order chi connectivity index (χ1) is 9.79. The molecule has 1 aromatic carbocycles. The van der Waals surface area contributed by atoms with Crippen molar-refractivity contribution in [2.45, 2.75) is 6.36 Å². The summed E-state index contributed by atoms with van der Waals surface area (Å²) in [4.78, 5) is 14.8. The highest BCUT2D eigenvalue weighted by Crippen LogP contribution is 2.36. The van der Waals surface area contributed by atoms with Gasteiger partial charge in [-0.3, -0.25) is 4.98 Å². The number of benzene rings is 1. The largest absolute Gasteiger partial charge is 0.573 e. The second-order valence-corrected chi connectivity index (χ2v) is 3.97. The molecule has 8 heteroatoms. The number of ether oxygens (including phenoxy) is 1. The highest BCUT2D eigenvalue weighted by atomic mass is 19.4. The Kier molecular flexibility index (Phi) is 3.70. The van der Waals surface area contributed by atoms with Crippen LogP contribution in [0.25, 0.3) is 11.3 Å². The lowest BCUT2D eigenvalue weighted by atomic mass is 10.1. The number of rotatable bonds is 3. The molecular formula is C13H9F3N2O3. The van der Waals surface area contributed by atoms with E-state index in [9.17, 15) is 18.0 Å². The van der Waals surface area contributed by atoms with Crippen LogP contribution in [-0.4, -0.2) is 22.4 Å². The molecule has 0 radical (unpaired) electrons. The molecule has 0 aliphatic heterocycles. The maximum absolute atomic E-state index is 12.4. The van der Waals surface area contributed by atoms with Crippen molar-refractivity contribution in [3.8, 4) is 17.0 Å². The molecule has 21 heavy (non-hydrogen) atoms. The fourth-order valence-electron chi connectivity index (χ4n) is 1.75. The Morgan fingerprint density at radius 3 is 2.52 bits per heavy atom. The molecule has 5 nitrogen and oxygen atoms in total. The van der Waals surface area contributed by atoms with Gasteiger partial charge in [0, 0.05) is 11.8 Å². The summed E-state index contributed by atoms with van der Waals surface area (Å²) in [6, 6.07) is 6.38. The highest BCUT2D eigenvalue weighted by Gasteiger charge is 2.32. The van der Waals surface area contributed by atoms with Crippen LogP contribution in [0.1, 0.15) is 10.4 Å². The number of hydrogen-bond acceptors (Lipinski definition) is 4. The molecule has 0 aliphatic rings. The third-order valence-corrected chi connectivity index (χ3v) is 2.59. The number of carboxylic acid groups (broad SMARTS) is 1. The van der Waals surface area contributed by atoms with Crippen molar-refractivity contribution in [2.75, 3.05) is 5.73 Å². The first kappa shape index (κ1) is 14.6. The minimum atomic E-state index is -4.88. The average molecular weight is 298 g/mol. The number of carboxylic acids is 1. The maximum Gasteiger partial charge on any atom is 0.573 e. The predicted octanol–water partition coefficient (Wildman–Crippen LogP) is 2.93. The molecule has 0 saturated heterocycles. The summed E-state index contributed by atoms with van der Waals surface area (Å²) in [5, 5.41) is 8.97. The SMILES string of the molecule is Nc1c(C(=O)O)ccnc1-c1ccccc1OC(F)(F)F. The number of halogens is 3. The number of aromatic nitrogens is 1. The molecule has 2 aromatic rings. The van der Waals surface area contributed by atoms with E-state index in [1.54, 1.807) is 0 Å². The molecule has 1 aromatic heterocycles. The zero-order valence-corrected chi connectivity index (χ0v) is 10.4. The Morgan fingerprint density at radius 2 is 1.90 bits per heavy atom. The molecule has 1 heterocycles. The second kappa shape index (κ2) is 5.31. The van der Waals surface area contributed by atoms with Gasteiger partial charge in [0.2, 0.25) is 0 Å². The van der Waals surface area contributed by atoms with Crippen LogP contribution in [0.4, 0.5) is 18.9 Å². The van der Waals surface area contributed by atoms with Gasteiger partial charge in [-0.05, 0) is 18.2 Å². The van der Waals surface area contributed by atoms with Gasteiger partial charge in [0.05, 0.1) is 16.9 Å². The number of carbonyl (C=O) groups is 1. The molecule has 0 saturated carbocycles. The van der Waals surface area contributed by atoms with Gasteiger partial charge >= 0.3 is 12.3 Å². The second-order valence-electron chi connectivity index (χ2n) is 3.97. The Hall–Kier alpha value is -2.77. The summed E-state index contributed by atoms with van der Waals surface area (Å²) in [6.07, 6.45) is -3.73. The molecule has 0 atom stereocenters. The fourth-order valence-corrected chi connectivity index (χ4v) is 1.75. The van der Waals surface area contributed by atoms with Crippen molar-refractivity contribution in [1.29, 1.82) is 0 Å². The van der Waals surface area contributed by atoms with Crippen LogP contribution in [0.2, 0.25) is 0 Å². The number of pyridine rings is 1. The summed E-state index contributed by atoms with van der Waals surface area (Å²) in [5.41, 5.74) is 5.05. The van der Waals surface area contributed by atoms with Gasteiger partial charge in [-0.2, -0.15) is 0 Å². The molecule has 0 bridgehead atoms. The number of nitrogens with zero attached hydrogens (tertiary/aromatic N) is 1. The molecule has 110 valence electrons. The van der Waals surface area contributed by atoms with Gasteiger partial charge in [0.15, 0.2) is 0 Å². The van der Waals surface area contributed by atoms with Gasteiger partial charge in [-0.25, -0.2) is 4.79 Å². The molecule has 0 spiro atoms. The van der Waals surface area contributed by atoms with Gasteiger partial charge < -0.3 is 15.6 Å². The summed E-state index contributed by atoms with van der Waals surface area (Å²) in [5.74, 6) is -1.81. The standard InChI is InChI=1S/C13H9F3N2O3/c14-13(15,16)21-9-4-2-1-3-7(9)11-10(17)8(12(19)20)5-6-18-11/h1-6H,17H2,(H,19,20). The smallest absolute Gasteiger partial charge is 0.478 e. The van der Waals surface area contributed by atoms with E-state index in [0.717, 1.165) is 18.3 Å². The number of para-hydroxylation sites is 1. The third kappa shape index (κ3) is 3.22. The van der Waals surface area contributed by atoms with E-state index < -0.39 is 18.1 Å². The molecule has 0 fully saturated rings. The Labute approximate surface area is 116 Å². The van der Waals surface area contributed by atoms with Crippen molar-refractivity contribution in [1.82, 2.24) is 4.98 Å². The monoisotopic (exact) mass is 298 g/mol. The van der Waals surface area contributed by atoms with E-state index in [-0.39, 0.29) is 22.5 Å². The van der Waals surface area contributed by atoms with Crippen LogP contribution in [0.15, 0.2) is 36.5 Å². The predicted molar refractivity (Wildman–Crippen MR) is 67.7 cm³/mol. The van der Waals surface area contributed by atoms with Crippen molar-refractivity contribution in [2.24, 2.45) is 0 Å². The van der Waals surface area contributed by atoms with Crippen LogP contribution in [0.3, 0.4) is 0 Å². The number of alkyl halides is 3. The van der Waals surface area contributed by atoms with Crippen molar-refractivity contribution >= 4 is 11.7 Å². The Bertz CT molecular complexity index is 687. The van der Waals surface area contributed by atoms with Gasteiger partial charge in [-0.15, -0.1) is 13.2 Å². The summed E-state index contributed by atoms with van der Waals surface area (Å²) < 4.78 is 41.0. The van der Waals surface area contributed by atoms with Crippen LogP contribution in [0.5, 0.6) is 5.75 Å². The van der Waals surface area contributed by atoms with Crippen molar-refractivity contribution in [3.63, 3.8) is 0 Å². The molecule has 3 N–H and O–H groups in total. The minimum absolute atomic E-state index is 0.0459. The quantitative estimate of drug-likeness (QED) is 0.910. The van der Waals surface area contributed by atoms with Gasteiger partial charge in [-0.1, -0.05) is 12.1 Å². The van der Waals surface area contributed by atoms with Crippen LogP contribution in [-0.2, 0) is 0 Å². The number of aromatic carboxylic acids is 1. The summed E-state index contributed by atoms with van der Waals surface area (Å²) in [7, 11) is 0. The van der Waals surface area contributed by atoms with E-state index in [1.165, 1.54) is 18.2 Å². The van der Waals surface area contributed by atoms with E-state index in [0.29, 0.717) is 0 Å². The Morgan fingerprint density at radius 1 is 1.24 bits per heavy atom.